The van der Waals surface area contributed by atoms with Gasteiger partial charge in [0.2, 0.25) is 0 Å². The Morgan fingerprint density at radius 1 is 1.19 bits per heavy atom. The number of carbonyl (C=O) groups is 1. The molecule has 0 aliphatic heterocycles. The van der Waals surface area contributed by atoms with Gasteiger partial charge in [0.1, 0.15) is 18.1 Å². The van der Waals surface area contributed by atoms with Crippen LogP contribution in [0.1, 0.15) is 15.9 Å². The van der Waals surface area contributed by atoms with Crippen molar-refractivity contribution in [2.45, 2.75) is 0 Å². The number of hydrogen-bond acceptors (Lipinski definition) is 4. The molecule has 0 spiro atoms. The molecule has 2 aromatic rings. The minimum atomic E-state index is -0.300. The Balaban J connectivity index is 2.08. The van der Waals surface area contributed by atoms with Crippen LogP contribution in [0.3, 0.4) is 0 Å². The van der Waals surface area contributed by atoms with E-state index < -0.39 is 0 Å². The van der Waals surface area contributed by atoms with Crippen molar-refractivity contribution in [1.82, 2.24) is 5.43 Å². The van der Waals surface area contributed by atoms with E-state index in [1.54, 1.807) is 31.5 Å². The molecule has 0 atom stereocenters. The Bertz CT molecular complexity index is 831. The topological polar surface area (TPSA) is 59.9 Å². The van der Waals surface area contributed by atoms with E-state index in [0.717, 1.165) is 22.0 Å². The van der Waals surface area contributed by atoms with Crippen molar-refractivity contribution in [2.24, 2.45) is 5.10 Å². The van der Waals surface area contributed by atoms with E-state index in [2.05, 4.69) is 84.9 Å². The molecule has 1 amide bonds. The SMILES string of the molecule is C=CCOc1c(I)cc(/C=N/NC(=O)c2ccc(I)c(OC)c2)cc1I. The molecular formula is C18H15I3N2O3. The maximum absolute atomic E-state index is 12.2. The van der Waals surface area contributed by atoms with Crippen LogP contribution in [0.25, 0.3) is 0 Å². The number of rotatable bonds is 7. The van der Waals surface area contributed by atoms with Gasteiger partial charge in [-0.1, -0.05) is 12.7 Å². The molecule has 0 radical (unpaired) electrons. The number of methoxy groups -OCH3 is 1. The van der Waals surface area contributed by atoms with Gasteiger partial charge in [-0.25, -0.2) is 5.43 Å². The number of ether oxygens (including phenoxy) is 2. The summed E-state index contributed by atoms with van der Waals surface area (Å²) in [6.45, 7) is 4.10. The van der Waals surface area contributed by atoms with Crippen molar-refractivity contribution < 1.29 is 14.3 Å². The minimum absolute atomic E-state index is 0.300. The second-order valence-electron chi connectivity index (χ2n) is 4.96. The van der Waals surface area contributed by atoms with Gasteiger partial charge >= 0.3 is 0 Å². The Labute approximate surface area is 193 Å². The van der Waals surface area contributed by atoms with Crippen molar-refractivity contribution >= 4 is 79.9 Å². The molecule has 0 fully saturated rings. The predicted octanol–water partition coefficient (Wildman–Crippen LogP) is 4.84. The molecule has 0 saturated heterocycles. The summed E-state index contributed by atoms with van der Waals surface area (Å²) < 4.78 is 13.7. The third-order valence-corrected chi connectivity index (χ3v) is 5.65. The van der Waals surface area contributed by atoms with E-state index in [-0.39, 0.29) is 5.91 Å². The molecule has 0 unspecified atom stereocenters. The van der Waals surface area contributed by atoms with Crippen LogP contribution in [0.4, 0.5) is 0 Å². The number of amides is 1. The van der Waals surface area contributed by atoms with Crippen molar-refractivity contribution in [3.63, 3.8) is 0 Å². The van der Waals surface area contributed by atoms with Crippen LogP contribution >= 0.6 is 67.8 Å². The summed E-state index contributed by atoms with van der Waals surface area (Å²) in [5, 5.41) is 4.04. The van der Waals surface area contributed by atoms with Gasteiger partial charge in [0, 0.05) is 5.56 Å². The first kappa shape index (κ1) is 21.4. The number of benzene rings is 2. The van der Waals surface area contributed by atoms with Crippen molar-refractivity contribution in [3.05, 3.63) is 64.8 Å². The van der Waals surface area contributed by atoms with Crippen molar-refractivity contribution in [2.75, 3.05) is 13.7 Å². The smallest absolute Gasteiger partial charge is 0.271 e. The normalized spacial score (nSPS) is 10.6. The average molecular weight is 688 g/mol. The monoisotopic (exact) mass is 688 g/mol. The number of nitrogens with zero attached hydrogens (tertiary/aromatic N) is 1. The van der Waals surface area contributed by atoms with Crippen LogP contribution in [0.2, 0.25) is 0 Å². The Morgan fingerprint density at radius 3 is 2.50 bits per heavy atom. The summed E-state index contributed by atoms with van der Waals surface area (Å²) in [5.41, 5.74) is 3.88. The van der Waals surface area contributed by atoms with E-state index in [0.29, 0.717) is 17.9 Å². The summed E-state index contributed by atoms with van der Waals surface area (Å²) in [4.78, 5) is 12.2. The number of carbonyl (C=O) groups excluding carboxylic acids is 1. The van der Waals surface area contributed by atoms with Gasteiger partial charge in [-0.3, -0.25) is 4.79 Å². The molecule has 0 aliphatic carbocycles. The predicted molar refractivity (Wildman–Crippen MR) is 128 cm³/mol. The highest BCUT2D eigenvalue weighted by molar-refractivity contribution is 14.1. The van der Waals surface area contributed by atoms with Gasteiger partial charge in [-0.05, 0) is 104 Å². The lowest BCUT2D eigenvalue weighted by atomic mass is 10.2. The van der Waals surface area contributed by atoms with Crippen LogP contribution in [-0.4, -0.2) is 25.8 Å². The second kappa shape index (κ2) is 10.4. The zero-order valence-electron chi connectivity index (χ0n) is 13.8. The van der Waals surface area contributed by atoms with Gasteiger partial charge in [0.15, 0.2) is 0 Å². The minimum Gasteiger partial charge on any atom is -0.496 e. The lowest BCUT2D eigenvalue weighted by Gasteiger charge is -2.09. The van der Waals surface area contributed by atoms with Crippen LogP contribution in [0.5, 0.6) is 11.5 Å². The van der Waals surface area contributed by atoms with Gasteiger partial charge in [0.25, 0.3) is 5.91 Å². The fraction of sp³-hybridized carbons (Fsp3) is 0.111. The zero-order valence-corrected chi connectivity index (χ0v) is 20.2. The highest BCUT2D eigenvalue weighted by atomic mass is 127. The van der Waals surface area contributed by atoms with E-state index in [1.807, 2.05) is 18.2 Å². The van der Waals surface area contributed by atoms with Gasteiger partial charge in [-0.15, -0.1) is 0 Å². The lowest BCUT2D eigenvalue weighted by Crippen LogP contribution is -2.17. The largest absolute Gasteiger partial charge is 0.496 e. The molecule has 0 bridgehead atoms. The second-order valence-corrected chi connectivity index (χ2v) is 8.45. The third-order valence-electron chi connectivity index (χ3n) is 3.16. The highest BCUT2D eigenvalue weighted by Crippen LogP contribution is 2.28. The maximum Gasteiger partial charge on any atom is 0.271 e. The molecule has 0 aliphatic rings. The van der Waals surface area contributed by atoms with E-state index >= 15 is 0 Å². The molecule has 0 heterocycles. The van der Waals surface area contributed by atoms with Crippen LogP contribution in [0, 0.1) is 10.7 Å². The summed E-state index contributed by atoms with van der Waals surface area (Å²) >= 11 is 6.57. The summed E-state index contributed by atoms with van der Waals surface area (Å²) in [6.07, 6.45) is 3.31. The summed E-state index contributed by atoms with van der Waals surface area (Å²) in [6, 6.07) is 9.11. The third kappa shape index (κ3) is 5.81. The molecule has 2 rings (SSSR count). The fourth-order valence-electron chi connectivity index (χ4n) is 1.97. The molecule has 2 aromatic carbocycles. The Kier molecular flexibility index (Phi) is 8.60. The molecular weight excluding hydrogens is 673 g/mol. The maximum atomic E-state index is 12.2. The summed E-state index contributed by atoms with van der Waals surface area (Å²) in [7, 11) is 1.57. The van der Waals surface area contributed by atoms with Crippen LogP contribution in [0.15, 0.2) is 48.1 Å². The molecule has 8 heteroatoms. The van der Waals surface area contributed by atoms with Crippen LogP contribution in [-0.2, 0) is 0 Å². The van der Waals surface area contributed by atoms with Crippen molar-refractivity contribution in [1.29, 1.82) is 0 Å². The molecule has 5 nitrogen and oxygen atoms in total. The molecule has 136 valence electrons. The first-order chi connectivity index (χ1) is 12.5. The van der Waals surface area contributed by atoms with Gasteiger partial charge in [0.05, 0.1) is 24.0 Å². The highest BCUT2D eigenvalue weighted by Gasteiger charge is 2.09. The zero-order chi connectivity index (χ0) is 19.1. The number of hydrazone groups is 1. The number of halogens is 3. The number of hydrogen-bond donors (Lipinski definition) is 1. The Hall–Kier alpha value is -0.890. The first-order valence-electron chi connectivity index (χ1n) is 7.36. The molecule has 1 N–H and O–H groups in total. The van der Waals surface area contributed by atoms with E-state index in [9.17, 15) is 4.79 Å². The molecule has 0 aromatic heterocycles. The molecule has 0 saturated carbocycles. The van der Waals surface area contributed by atoms with E-state index in [4.69, 9.17) is 9.47 Å². The standard InChI is InChI=1S/C18H15I3N2O3/c1-3-6-26-17-14(20)7-11(8-15(17)21)10-22-23-18(24)12-4-5-13(19)16(9-12)25-2/h3-5,7-10H,1,6H2,2H3,(H,23,24)/b22-10+. The first-order valence-corrected chi connectivity index (χ1v) is 10.6. The van der Waals surface area contributed by atoms with E-state index in [1.165, 1.54) is 0 Å². The van der Waals surface area contributed by atoms with Crippen molar-refractivity contribution in [3.8, 4) is 11.5 Å². The summed E-state index contributed by atoms with van der Waals surface area (Å²) in [5.74, 6) is 1.17. The fourth-order valence-corrected chi connectivity index (χ4v) is 4.65. The van der Waals surface area contributed by atoms with Gasteiger partial charge in [-0.2, -0.15) is 5.10 Å². The van der Waals surface area contributed by atoms with Gasteiger partial charge < -0.3 is 9.47 Å². The molecule has 26 heavy (non-hydrogen) atoms. The average Bonchev–Trinajstić information content (AvgIpc) is 2.61. The lowest BCUT2D eigenvalue weighted by molar-refractivity contribution is 0.0954. The number of nitrogens with one attached hydrogen (secondary N) is 1. The Morgan fingerprint density at radius 2 is 1.88 bits per heavy atom. The quantitative estimate of drug-likeness (QED) is 0.196. The van der Waals surface area contributed by atoms with Crippen LogP contribution < -0.4 is 14.9 Å².